The van der Waals surface area contributed by atoms with E-state index < -0.39 is 11.9 Å². The fraction of sp³-hybridized carbons (Fsp3) is 0.200. The molecule has 0 aliphatic rings. The second kappa shape index (κ2) is 6.44. The molecule has 5 heteroatoms. The van der Waals surface area contributed by atoms with E-state index in [1.165, 1.54) is 18.2 Å². The molecule has 0 saturated heterocycles. The first-order chi connectivity index (χ1) is 9.49. The molecule has 2 nitrogen and oxygen atoms in total. The fourth-order valence-electron chi connectivity index (χ4n) is 1.87. The monoisotopic (exact) mass is 313 g/mol. The zero-order valence-corrected chi connectivity index (χ0v) is 12.3. The molecule has 0 fully saturated rings. The van der Waals surface area contributed by atoms with Crippen LogP contribution in [0.5, 0.6) is 5.75 Å². The maximum absolute atomic E-state index is 13.0. The van der Waals surface area contributed by atoms with Crippen LogP contribution >= 0.6 is 23.2 Å². The van der Waals surface area contributed by atoms with Crippen LogP contribution in [0.1, 0.15) is 18.6 Å². The molecular formula is C15H14Cl2FNO. The molecule has 2 aromatic rings. The zero-order chi connectivity index (χ0) is 14.7. The standard InChI is InChI=1S/C15H14Cl2FNO/c1-9(19)15(11-4-2-3-5-12(11)16)20-14-7-6-10(18)8-13(14)17/h2-9,15H,19H2,1H3. The van der Waals surface area contributed by atoms with Gasteiger partial charge in [-0.2, -0.15) is 0 Å². The molecule has 2 rings (SSSR count). The molecule has 106 valence electrons. The first-order valence-corrected chi connectivity index (χ1v) is 6.86. The zero-order valence-electron chi connectivity index (χ0n) is 10.8. The average Bonchev–Trinajstić information content (AvgIpc) is 2.39. The molecule has 20 heavy (non-hydrogen) atoms. The number of hydrogen-bond donors (Lipinski definition) is 1. The van der Waals surface area contributed by atoms with Crippen molar-refractivity contribution in [1.82, 2.24) is 0 Å². The highest BCUT2D eigenvalue weighted by molar-refractivity contribution is 6.32. The summed E-state index contributed by atoms with van der Waals surface area (Å²) in [5, 5.41) is 0.760. The molecule has 0 bridgehead atoms. The first kappa shape index (κ1) is 15.1. The van der Waals surface area contributed by atoms with Gasteiger partial charge < -0.3 is 10.5 Å². The van der Waals surface area contributed by atoms with E-state index in [1.54, 1.807) is 6.07 Å². The molecule has 2 N–H and O–H groups in total. The summed E-state index contributed by atoms with van der Waals surface area (Å²) in [5.41, 5.74) is 6.73. The maximum atomic E-state index is 13.0. The Hall–Kier alpha value is -1.29. The average molecular weight is 314 g/mol. The van der Waals surface area contributed by atoms with Gasteiger partial charge in [0.2, 0.25) is 0 Å². The highest BCUT2D eigenvalue weighted by Gasteiger charge is 2.21. The lowest BCUT2D eigenvalue weighted by Crippen LogP contribution is -2.29. The normalized spacial score (nSPS) is 13.8. The summed E-state index contributed by atoms with van der Waals surface area (Å²) in [6.07, 6.45) is -0.466. The van der Waals surface area contributed by atoms with Crippen LogP contribution in [-0.2, 0) is 0 Å². The Bertz CT molecular complexity index is 604. The van der Waals surface area contributed by atoms with Crippen molar-refractivity contribution in [3.63, 3.8) is 0 Å². The van der Waals surface area contributed by atoms with E-state index in [0.717, 1.165) is 5.56 Å². The Labute approximate surface area is 127 Å². The van der Waals surface area contributed by atoms with Crippen molar-refractivity contribution >= 4 is 23.2 Å². The van der Waals surface area contributed by atoms with Crippen LogP contribution < -0.4 is 10.5 Å². The van der Waals surface area contributed by atoms with Crippen LogP contribution in [0.2, 0.25) is 10.0 Å². The minimum atomic E-state index is -0.466. The van der Waals surface area contributed by atoms with Gasteiger partial charge in [0.15, 0.2) is 0 Å². The maximum Gasteiger partial charge on any atom is 0.140 e. The van der Waals surface area contributed by atoms with Gasteiger partial charge in [-0.15, -0.1) is 0 Å². The van der Waals surface area contributed by atoms with Gasteiger partial charge in [-0.25, -0.2) is 4.39 Å². The number of rotatable bonds is 4. The largest absolute Gasteiger partial charge is 0.482 e. The summed E-state index contributed by atoms with van der Waals surface area (Å²) < 4.78 is 18.9. The predicted molar refractivity (Wildman–Crippen MR) is 79.9 cm³/mol. The Balaban J connectivity index is 2.33. The summed E-state index contributed by atoms with van der Waals surface area (Å²) >= 11 is 12.1. The van der Waals surface area contributed by atoms with Crippen molar-refractivity contribution < 1.29 is 9.13 Å². The summed E-state index contributed by atoms with van der Waals surface area (Å²) in [5.74, 6) is -0.0484. The lowest BCUT2D eigenvalue weighted by atomic mass is 10.0. The molecule has 0 aliphatic carbocycles. The third-order valence-electron chi connectivity index (χ3n) is 2.84. The molecule has 0 aliphatic heterocycles. The van der Waals surface area contributed by atoms with E-state index in [2.05, 4.69) is 0 Å². The smallest absolute Gasteiger partial charge is 0.140 e. The summed E-state index contributed by atoms with van der Waals surface area (Å²) in [4.78, 5) is 0. The lowest BCUT2D eigenvalue weighted by Gasteiger charge is -2.24. The van der Waals surface area contributed by atoms with E-state index in [-0.39, 0.29) is 11.1 Å². The summed E-state index contributed by atoms with van der Waals surface area (Å²) in [6, 6.07) is 10.9. The summed E-state index contributed by atoms with van der Waals surface area (Å²) in [6.45, 7) is 1.81. The highest BCUT2D eigenvalue weighted by Crippen LogP contribution is 2.33. The van der Waals surface area contributed by atoms with Gasteiger partial charge in [-0.3, -0.25) is 0 Å². The SMILES string of the molecule is CC(N)C(Oc1ccc(F)cc1Cl)c1ccccc1Cl. The first-order valence-electron chi connectivity index (χ1n) is 6.10. The van der Waals surface area contributed by atoms with Crippen LogP contribution in [0.15, 0.2) is 42.5 Å². The Morgan fingerprint density at radius 2 is 1.80 bits per heavy atom. The number of benzene rings is 2. The van der Waals surface area contributed by atoms with Crippen LogP contribution in [0.25, 0.3) is 0 Å². The van der Waals surface area contributed by atoms with Crippen LogP contribution in [0.3, 0.4) is 0 Å². The van der Waals surface area contributed by atoms with E-state index >= 15 is 0 Å². The number of hydrogen-bond acceptors (Lipinski definition) is 2. The van der Waals surface area contributed by atoms with Gasteiger partial charge in [0.05, 0.1) is 5.02 Å². The van der Waals surface area contributed by atoms with E-state index in [9.17, 15) is 4.39 Å². The van der Waals surface area contributed by atoms with Gasteiger partial charge >= 0.3 is 0 Å². The van der Waals surface area contributed by atoms with Crippen molar-refractivity contribution in [3.05, 3.63) is 63.9 Å². The topological polar surface area (TPSA) is 35.2 Å². The predicted octanol–water partition coefficient (Wildman–Crippen LogP) is 4.60. The second-order valence-corrected chi connectivity index (χ2v) is 5.31. The molecular weight excluding hydrogens is 300 g/mol. The van der Waals surface area contributed by atoms with E-state index in [4.69, 9.17) is 33.7 Å². The van der Waals surface area contributed by atoms with Gasteiger partial charge in [0, 0.05) is 16.6 Å². The van der Waals surface area contributed by atoms with Crippen LogP contribution in [0.4, 0.5) is 4.39 Å². The van der Waals surface area contributed by atoms with E-state index in [1.807, 2.05) is 25.1 Å². The van der Waals surface area contributed by atoms with Gasteiger partial charge in [-0.1, -0.05) is 41.4 Å². The molecule has 0 aromatic heterocycles. The minimum absolute atomic E-state index is 0.197. The quantitative estimate of drug-likeness (QED) is 0.895. The van der Waals surface area contributed by atoms with Crippen LogP contribution in [-0.4, -0.2) is 6.04 Å². The second-order valence-electron chi connectivity index (χ2n) is 4.49. The molecule has 0 heterocycles. The van der Waals surface area contributed by atoms with Crippen molar-refractivity contribution in [2.45, 2.75) is 19.1 Å². The van der Waals surface area contributed by atoms with Gasteiger partial charge in [0.1, 0.15) is 17.7 Å². The lowest BCUT2D eigenvalue weighted by molar-refractivity contribution is 0.180. The summed E-state index contributed by atoms with van der Waals surface area (Å²) in [7, 11) is 0. The van der Waals surface area contributed by atoms with Crippen molar-refractivity contribution in [1.29, 1.82) is 0 Å². The number of halogens is 3. The molecule has 0 saturated carbocycles. The van der Waals surface area contributed by atoms with Crippen molar-refractivity contribution in [3.8, 4) is 5.75 Å². The van der Waals surface area contributed by atoms with E-state index in [0.29, 0.717) is 10.8 Å². The molecule has 2 atom stereocenters. The van der Waals surface area contributed by atoms with Crippen molar-refractivity contribution in [2.75, 3.05) is 0 Å². The van der Waals surface area contributed by atoms with Gasteiger partial charge in [-0.05, 0) is 31.2 Å². The molecule has 0 amide bonds. The molecule has 0 spiro atoms. The number of nitrogens with two attached hydrogens (primary N) is 1. The third kappa shape index (κ3) is 3.42. The Kier molecular flexibility index (Phi) is 4.86. The van der Waals surface area contributed by atoms with Crippen LogP contribution in [0, 0.1) is 5.82 Å². The Morgan fingerprint density at radius 1 is 1.10 bits per heavy atom. The molecule has 2 aromatic carbocycles. The van der Waals surface area contributed by atoms with Crippen molar-refractivity contribution in [2.24, 2.45) is 5.73 Å². The number of ether oxygens (including phenoxy) is 1. The molecule has 2 unspecified atom stereocenters. The Morgan fingerprint density at radius 3 is 2.40 bits per heavy atom. The highest BCUT2D eigenvalue weighted by atomic mass is 35.5. The fourth-order valence-corrected chi connectivity index (χ4v) is 2.32. The molecule has 0 radical (unpaired) electrons. The van der Waals surface area contributed by atoms with Gasteiger partial charge in [0.25, 0.3) is 0 Å². The minimum Gasteiger partial charge on any atom is -0.482 e. The third-order valence-corrected chi connectivity index (χ3v) is 3.48.